The number of halogens is 1. The predicted octanol–water partition coefficient (Wildman–Crippen LogP) is 1.57. The van der Waals surface area contributed by atoms with E-state index in [1.807, 2.05) is 4.90 Å². The first-order valence-electron chi connectivity index (χ1n) is 7.23. The molecule has 20 heavy (non-hydrogen) atoms. The molecule has 0 bridgehead atoms. The van der Waals surface area contributed by atoms with Crippen molar-refractivity contribution < 1.29 is 13.7 Å². The molecule has 0 spiro atoms. The highest BCUT2D eigenvalue weighted by molar-refractivity contribution is 5.92. The fourth-order valence-electron chi connectivity index (χ4n) is 2.76. The second-order valence-corrected chi connectivity index (χ2v) is 5.89. The van der Waals surface area contributed by atoms with Crippen LogP contribution in [0.5, 0.6) is 0 Å². The maximum absolute atomic E-state index is 12.4. The Kier molecular flexibility index (Phi) is 3.74. The van der Waals surface area contributed by atoms with Gasteiger partial charge in [-0.2, -0.15) is 0 Å². The number of carbonyl (C=O) groups is 1. The monoisotopic (exact) mass is 281 g/mol. The Morgan fingerprint density at radius 2 is 2.35 bits per heavy atom. The molecule has 2 heterocycles. The summed E-state index contributed by atoms with van der Waals surface area (Å²) in [4.78, 5) is 14.2. The molecule has 1 aliphatic heterocycles. The number of alkyl halides is 1. The van der Waals surface area contributed by atoms with Crippen molar-refractivity contribution in [1.82, 2.24) is 15.4 Å². The normalized spacial score (nSPS) is 26.9. The van der Waals surface area contributed by atoms with E-state index in [-0.39, 0.29) is 18.6 Å². The predicted molar refractivity (Wildman–Crippen MR) is 71.3 cm³/mol. The number of carbonyl (C=O) groups excluding carboxylic acids is 1. The topological polar surface area (TPSA) is 58.4 Å². The average Bonchev–Trinajstić information content (AvgIpc) is 3.05. The van der Waals surface area contributed by atoms with Crippen LogP contribution in [0, 0.1) is 5.92 Å². The van der Waals surface area contributed by atoms with Crippen LogP contribution in [0.1, 0.15) is 41.9 Å². The van der Waals surface area contributed by atoms with Crippen LogP contribution in [0.2, 0.25) is 0 Å². The molecule has 110 valence electrons. The summed E-state index contributed by atoms with van der Waals surface area (Å²) in [5.41, 5.74) is 0.350. The van der Waals surface area contributed by atoms with Crippen LogP contribution in [0.3, 0.4) is 0 Å². The lowest BCUT2D eigenvalue weighted by Crippen LogP contribution is -2.40. The van der Waals surface area contributed by atoms with Gasteiger partial charge < -0.3 is 9.84 Å². The van der Waals surface area contributed by atoms with Gasteiger partial charge in [0.15, 0.2) is 5.69 Å². The van der Waals surface area contributed by atoms with E-state index < -0.39 is 0 Å². The Morgan fingerprint density at radius 3 is 3.05 bits per heavy atom. The summed E-state index contributed by atoms with van der Waals surface area (Å²) in [5.74, 6) is 1.39. The molecule has 1 amide bonds. The average molecular weight is 281 g/mol. The second-order valence-electron chi connectivity index (χ2n) is 5.89. The molecule has 3 rings (SSSR count). The molecule has 1 aliphatic carbocycles. The number of likely N-dealkylation sites (tertiary alicyclic amines) is 1. The number of rotatable bonds is 5. The second kappa shape index (κ2) is 5.52. The van der Waals surface area contributed by atoms with Crippen LogP contribution in [0.15, 0.2) is 10.6 Å². The first-order valence-corrected chi connectivity index (χ1v) is 7.23. The number of hydrogen-bond donors (Lipinski definition) is 1. The summed E-state index contributed by atoms with van der Waals surface area (Å²) < 4.78 is 17.5. The molecule has 1 saturated heterocycles. The first kappa shape index (κ1) is 13.5. The lowest BCUT2D eigenvalue weighted by Gasteiger charge is -2.15. The molecule has 0 aromatic carbocycles. The van der Waals surface area contributed by atoms with Gasteiger partial charge in [-0.15, -0.1) is 0 Å². The van der Waals surface area contributed by atoms with Gasteiger partial charge in [-0.1, -0.05) is 12.1 Å². The Labute approximate surface area is 117 Å². The molecule has 2 fully saturated rings. The first-order chi connectivity index (χ1) is 9.67. The van der Waals surface area contributed by atoms with Gasteiger partial charge in [0.2, 0.25) is 0 Å². The van der Waals surface area contributed by atoms with Crippen LogP contribution in [0.4, 0.5) is 4.39 Å². The smallest absolute Gasteiger partial charge is 0.273 e. The molecule has 1 N–H and O–H groups in total. The standard InChI is InChI=1S/C14H20FN3O2/c1-9-7-18(5-4-15)8-12(9)16-14(19)11-6-13(20-17-11)10-2-3-10/h6,9-10,12H,2-5,7-8H2,1H3,(H,16,19)/t9-,12+/m1/s1. The van der Waals surface area contributed by atoms with Gasteiger partial charge in [0.1, 0.15) is 12.4 Å². The largest absolute Gasteiger partial charge is 0.360 e. The zero-order valence-corrected chi connectivity index (χ0v) is 11.6. The maximum atomic E-state index is 12.4. The van der Waals surface area contributed by atoms with Gasteiger partial charge >= 0.3 is 0 Å². The van der Waals surface area contributed by atoms with E-state index in [2.05, 4.69) is 17.4 Å². The highest BCUT2D eigenvalue weighted by atomic mass is 19.1. The summed E-state index contributed by atoms with van der Waals surface area (Å²) in [6, 6.07) is 1.79. The molecule has 2 aliphatic rings. The van der Waals surface area contributed by atoms with Crippen molar-refractivity contribution in [2.75, 3.05) is 26.3 Å². The van der Waals surface area contributed by atoms with Crippen LogP contribution < -0.4 is 5.32 Å². The van der Waals surface area contributed by atoms with E-state index in [1.54, 1.807) is 6.07 Å². The summed E-state index contributed by atoms with van der Waals surface area (Å²) in [6.07, 6.45) is 2.24. The van der Waals surface area contributed by atoms with Crippen molar-refractivity contribution >= 4 is 5.91 Å². The Morgan fingerprint density at radius 1 is 1.55 bits per heavy atom. The molecule has 1 aromatic heterocycles. The third-order valence-electron chi connectivity index (χ3n) is 4.15. The third-order valence-corrected chi connectivity index (χ3v) is 4.15. The van der Waals surface area contributed by atoms with Crippen LogP contribution in [-0.4, -0.2) is 48.3 Å². The van der Waals surface area contributed by atoms with Crippen LogP contribution in [-0.2, 0) is 0 Å². The molecule has 2 atom stereocenters. The molecule has 1 aromatic rings. The number of amides is 1. The van der Waals surface area contributed by atoms with Crippen molar-refractivity contribution in [3.05, 3.63) is 17.5 Å². The summed E-state index contributed by atoms with van der Waals surface area (Å²) in [7, 11) is 0. The Bertz CT molecular complexity index is 487. The van der Waals surface area contributed by atoms with Crippen molar-refractivity contribution in [2.24, 2.45) is 5.92 Å². The van der Waals surface area contributed by atoms with Crippen molar-refractivity contribution in [3.8, 4) is 0 Å². The summed E-state index contributed by atoms with van der Waals surface area (Å²) >= 11 is 0. The van der Waals surface area contributed by atoms with Gasteiger partial charge in [-0.05, 0) is 18.8 Å². The van der Waals surface area contributed by atoms with Crippen molar-refractivity contribution in [3.63, 3.8) is 0 Å². The minimum Gasteiger partial charge on any atom is -0.360 e. The molecular formula is C14H20FN3O2. The third kappa shape index (κ3) is 2.85. The van der Waals surface area contributed by atoms with E-state index in [0.717, 1.165) is 25.1 Å². The number of hydrogen-bond acceptors (Lipinski definition) is 4. The fourth-order valence-corrected chi connectivity index (χ4v) is 2.76. The van der Waals surface area contributed by atoms with Crippen molar-refractivity contribution in [2.45, 2.75) is 31.7 Å². The van der Waals surface area contributed by atoms with E-state index in [4.69, 9.17) is 4.52 Å². The molecule has 6 heteroatoms. The maximum Gasteiger partial charge on any atom is 0.273 e. The highest BCUT2D eigenvalue weighted by Crippen LogP contribution is 2.40. The van der Waals surface area contributed by atoms with E-state index in [1.165, 1.54) is 0 Å². The molecular weight excluding hydrogens is 261 g/mol. The SMILES string of the molecule is C[C@@H]1CN(CCF)C[C@@H]1NC(=O)c1cc(C2CC2)on1. The Hall–Kier alpha value is -1.43. The minimum absolute atomic E-state index is 0.0510. The summed E-state index contributed by atoms with van der Waals surface area (Å²) in [5, 5.41) is 6.82. The molecule has 5 nitrogen and oxygen atoms in total. The van der Waals surface area contributed by atoms with Gasteiger partial charge in [-0.3, -0.25) is 9.69 Å². The minimum atomic E-state index is -0.346. The molecule has 0 unspecified atom stereocenters. The fraction of sp³-hybridized carbons (Fsp3) is 0.714. The van der Waals surface area contributed by atoms with Crippen LogP contribution >= 0.6 is 0 Å². The van der Waals surface area contributed by atoms with Gasteiger partial charge in [0, 0.05) is 37.7 Å². The summed E-state index contributed by atoms with van der Waals surface area (Å²) in [6.45, 7) is 3.68. The number of nitrogens with one attached hydrogen (secondary N) is 1. The number of aromatic nitrogens is 1. The zero-order chi connectivity index (χ0) is 14.1. The van der Waals surface area contributed by atoms with E-state index >= 15 is 0 Å². The quantitative estimate of drug-likeness (QED) is 0.890. The molecule has 1 saturated carbocycles. The van der Waals surface area contributed by atoms with Crippen molar-refractivity contribution in [1.29, 1.82) is 0 Å². The van der Waals surface area contributed by atoms with Gasteiger partial charge in [-0.25, -0.2) is 4.39 Å². The van der Waals surface area contributed by atoms with Gasteiger partial charge in [0.25, 0.3) is 5.91 Å². The zero-order valence-electron chi connectivity index (χ0n) is 11.6. The number of nitrogens with zero attached hydrogens (tertiary/aromatic N) is 2. The Balaban J connectivity index is 1.57. The molecule has 0 radical (unpaired) electrons. The van der Waals surface area contributed by atoms with E-state index in [0.29, 0.717) is 30.6 Å². The lowest BCUT2D eigenvalue weighted by molar-refractivity contribution is 0.0922. The van der Waals surface area contributed by atoms with E-state index in [9.17, 15) is 9.18 Å². The van der Waals surface area contributed by atoms with Crippen LogP contribution in [0.25, 0.3) is 0 Å². The highest BCUT2D eigenvalue weighted by Gasteiger charge is 2.32. The van der Waals surface area contributed by atoms with Gasteiger partial charge in [0.05, 0.1) is 0 Å². The lowest BCUT2D eigenvalue weighted by atomic mass is 10.1.